The summed E-state index contributed by atoms with van der Waals surface area (Å²) in [5.41, 5.74) is 1.31. The lowest BCUT2D eigenvalue weighted by Crippen LogP contribution is -2.49. The fraction of sp³-hybridized carbons (Fsp3) is 0.368. The number of aliphatic carboxylic acids is 1. The highest BCUT2D eigenvalue weighted by Crippen LogP contribution is 2.18. The second-order valence-corrected chi connectivity index (χ2v) is 6.38. The first-order valence-electron chi connectivity index (χ1n) is 8.92. The average Bonchev–Trinajstić information content (AvgIpc) is 2.72. The monoisotopic (exact) mass is 423 g/mol. The molecule has 1 fully saturated rings. The first-order chi connectivity index (χ1) is 14.2. The summed E-state index contributed by atoms with van der Waals surface area (Å²) in [6.45, 7) is 5.35. The molecule has 2 aromatic heterocycles. The van der Waals surface area contributed by atoms with E-state index in [-0.39, 0.29) is 0 Å². The molecule has 2 N–H and O–H groups in total. The van der Waals surface area contributed by atoms with Crippen LogP contribution in [0.3, 0.4) is 0 Å². The summed E-state index contributed by atoms with van der Waals surface area (Å²) in [6, 6.07) is 11.8. The molecule has 1 saturated heterocycles. The van der Waals surface area contributed by atoms with Gasteiger partial charge in [0, 0.05) is 37.9 Å². The molecule has 1 aliphatic heterocycles. The molecule has 0 aromatic carbocycles. The molecule has 3 rings (SSSR count). The van der Waals surface area contributed by atoms with E-state index < -0.39 is 12.1 Å². The predicted molar refractivity (Wildman–Crippen MR) is 101 cm³/mol. The predicted octanol–water partition coefficient (Wildman–Crippen LogP) is 2.36. The Kier molecular flexibility index (Phi) is 7.94. The van der Waals surface area contributed by atoms with E-state index in [1.165, 1.54) is 0 Å². The third kappa shape index (κ3) is 7.21. The van der Waals surface area contributed by atoms with Gasteiger partial charge in [-0.05, 0) is 25.1 Å². The zero-order valence-electron chi connectivity index (χ0n) is 16.1. The number of hydrogen-bond donors (Lipinski definition) is 2. The minimum atomic E-state index is -5.08. The summed E-state index contributed by atoms with van der Waals surface area (Å²) in [4.78, 5) is 19.9. The molecule has 3 heterocycles. The van der Waals surface area contributed by atoms with Crippen molar-refractivity contribution in [1.82, 2.24) is 15.3 Å². The highest BCUT2D eigenvalue weighted by Gasteiger charge is 2.38. The molecule has 1 aliphatic rings. The van der Waals surface area contributed by atoms with Gasteiger partial charge in [-0.15, -0.1) is 0 Å². The topological polar surface area (TPSA) is 111 Å². The fourth-order valence-electron chi connectivity index (χ4n) is 2.52. The number of carbonyl (C=O) groups is 1. The van der Waals surface area contributed by atoms with Crippen molar-refractivity contribution < 1.29 is 27.8 Å². The van der Waals surface area contributed by atoms with Crippen molar-refractivity contribution in [2.24, 2.45) is 0 Å². The number of anilines is 1. The molecule has 2 aromatic rings. The van der Waals surface area contributed by atoms with E-state index >= 15 is 0 Å². The molecule has 8 nitrogen and oxygen atoms in total. The van der Waals surface area contributed by atoms with Gasteiger partial charge in [0.05, 0.1) is 11.3 Å². The van der Waals surface area contributed by atoms with Crippen LogP contribution in [0.15, 0.2) is 36.5 Å². The van der Waals surface area contributed by atoms with Gasteiger partial charge in [0.25, 0.3) is 0 Å². The normalized spacial score (nSPS) is 16.1. The van der Waals surface area contributed by atoms with Crippen LogP contribution in [0.2, 0.25) is 0 Å². The van der Waals surface area contributed by atoms with Crippen LogP contribution in [-0.4, -0.2) is 52.9 Å². The zero-order chi connectivity index (χ0) is 22.1. The van der Waals surface area contributed by atoms with Crippen LogP contribution >= 0.6 is 0 Å². The van der Waals surface area contributed by atoms with Crippen LogP contribution in [0.4, 0.5) is 19.0 Å². The third-order valence-corrected chi connectivity index (χ3v) is 3.97. The molecule has 0 radical (unpaired) electrons. The molecule has 160 valence electrons. The lowest BCUT2D eigenvalue weighted by Gasteiger charge is -2.32. The summed E-state index contributed by atoms with van der Waals surface area (Å²) in [5, 5.41) is 19.3. The number of rotatable bonds is 4. The number of hydrogen-bond acceptors (Lipinski definition) is 7. The van der Waals surface area contributed by atoms with Crippen LogP contribution in [0.1, 0.15) is 18.2 Å². The molecule has 0 spiro atoms. The molecule has 11 heteroatoms. The van der Waals surface area contributed by atoms with Crippen LogP contribution in [0.5, 0.6) is 5.88 Å². The van der Waals surface area contributed by atoms with Gasteiger partial charge in [-0.25, -0.2) is 4.79 Å². The van der Waals surface area contributed by atoms with Gasteiger partial charge in [-0.3, -0.25) is 4.98 Å². The van der Waals surface area contributed by atoms with Crippen LogP contribution < -0.4 is 15.0 Å². The number of piperazine rings is 1. The van der Waals surface area contributed by atoms with Gasteiger partial charge in [0.2, 0.25) is 5.88 Å². The summed E-state index contributed by atoms with van der Waals surface area (Å²) in [7, 11) is 0. The quantitative estimate of drug-likeness (QED) is 0.771. The zero-order valence-corrected chi connectivity index (χ0v) is 16.1. The number of nitriles is 1. The van der Waals surface area contributed by atoms with E-state index in [4.69, 9.17) is 19.9 Å². The summed E-state index contributed by atoms with van der Waals surface area (Å²) in [5.74, 6) is -1.24. The second kappa shape index (κ2) is 10.4. The molecule has 0 aliphatic carbocycles. The van der Waals surface area contributed by atoms with Crippen molar-refractivity contribution in [2.45, 2.75) is 25.7 Å². The Balaban J connectivity index is 0.000000396. The molecule has 0 amide bonds. The number of aromatic nitrogens is 2. The Labute approximate surface area is 170 Å². The van der Waals surface area contributed by atoms with E-state index in [9.17, 15) is 13.2 Å². The Hall–Kier alpha value is -3.39. The number of carboxylic acid groups (broad SMARTS) is 1. The SMILES string of the molecule is C[C@H]1CN(c2cccc(OCc3ccc(C#N)cn3)n2)CCN1.O=C(O)C(F)(F)F. The standard InChI is InChI=1S/C17H19N5O.C2HF3O2/c1-13-11-22(8-7-19-13)16-3-2-4-17(21-16)23-12-15-6-5-14(9-18)10-20-15;3-2(4,5)1(6)7/h2-6,10,13,19H,7-8,11-12H2,1H3;(H,6,7)/t13-;/m0./s1. The Morgan fingerprint density at radius 2 is 2.13 bits per heavy atom. The largest absolute Gasteiger partial charge is 0.490 e. The van der Waals surface area contributed by atoms with Crippen molar-refractivity contribution in [3.05, 3.63) is 47.8 Å². The van der Waals surface area contributed by atoms with Crippen molar-refractivity contribution in [3.8, 4) is 11.9 Å². The van der Waals surface area contributed by atoms with Gasteiger partial charge in [-0.1, -0.05) is 6.07 Å². The van der Waals surface area contributed by atoms with E-state index in [1.54, 1.807) is 18.3 Å². The van der Waals surface area contributed by atoms with Crippen molar-refractivity contribution >= 4 is 11.8 Å². The van der Waals surface area contributed by atoms with Crippen LogP contribution in [0.25, 0.3) is 0 Å². The molecule has 0 unspecified atom stereocenters. The van der Waals surface area contributed by atoms with Gasteiger partial charge in [0.1, 0.15) is 18.5 Å². The molecule has 1 atom stereocenters. The fourth-order valence-corrected chi connectivity index (χ4v) is 2.52. The van der Waals surface area contributed by atoms with E-state index in [2.05, 4.69) is 27.1 Å². The van der Waals surface area contributed by atoms with Gasteiger partial charge in [0.15, 0.2) is 0 Å². The number of halogens is 3. The molecule has 0 saturated carbocycles. The molecule has 0 bridgehead atoms. The summed E-state index contributed by atoms with van der Waals surface area (Å²) < 4.78 is 37.5. The maximum atomic E-state index is 10.6. The van der Waals surface area contributed by atoms with E-state index in [1.807, 2.05) is 24.3 Å². The summed E-state index contributed by atoms with van der Waals surface area (Å²) in [6.07, 6.45) is -3.54. The maximum absolute atomic E-state index is 10.6. The van der Waals surface area contributed by atoms with Gasteiger partial charge >= 0.3 is 12.1 Å². The Morgan fingerprint density at radius 3 is 2.70 bits per heavy atom. The van der Waals surface area contributed by atoms with Crippen LogP contribution in [0, 0.1) is 11.3 Å². The van der Waals surface area contributed by atoms with Crippen molar-refractivity contribution in [1.29, 1.82) is 5.26 Å². The minimum absolute atomic E-state index is 0.333. The molecule has 30 heavy (non-hydrogen) atoms. The number of nitrogens with one attached hydrogen (secondary N) is 1. The highest BCUT2D eigenvalue weighted by molar-refractivity contribution is 5.73. The first-order valence-corrected chi connectivity index (χ1v) is 8.92. The van der Waals surface area contributed by atoms with E-state index in [0.29, 0.717) is 24.1 Å². The third-order valence-electron chi connectivity index (χ3n) is 3.97. The van der Waals surface area contributed by atoms with Crippen molar-refractivity contribution in [2.75, 3.05) is 24.5 Å². The highest BCUT2D eigenvalue weighted by atomic mass is 19.4. The van der Waals surface area contributed by atoms with Crippen LogP contribution in [-0.2, 0) is 11.4 Å². The first kappa shape index (κ1) is 22.9. The lowest BCUT2D eigenvalue weighted by atomic mass is 10.2. The van der Waals surface area contributed by atoms with Crippen molar-refractivity contribution in [3.63, 3.8) is 0 Å². The van der Waals surface area contributed by atoms with Gasteiger partial charge in [-0.2, -0.15) is 23.4 Å². The van der Waals surface area contributed by atoms with E-state index in [0.717, 1.165) is 31.1 Å². The Morgan fingerprint density at radius 1 is 1.40 bits per heavy atom. The van der Waals surface area contributed by atoms with Gasteiger partial charge < -0.3 is 20.1 Å². The molecular weight excluding hydrogens is 403 g/mol. The number of pyridine rings is 2. The number of alkyl halides is 3. The smallest absolute Gasteiger partial charge is 0.475 e. The lowest BCUT2D eigenvalue weighted by molar-refractivity contribution is -0.192. The number of carboxylic acids is 1. The Bertz CT molecular complexity index is 884. The second-order valence-electron chi connectivity index (χ2n) is 6.38. The number of nitrogens with zero attached hydrogens (tertiary/aromatic N) is 4. The minimum Gasteiger partial charge on any atom is -0.475 e. The average molecular weight is 423 g/mol. The number of ether oxygens (including phenoxy) is 1. The maximum Gasteiger partial charge on any atom is 0.490 e. The summed E-state index contributed by atoms with van der Waals surface area (Å²) >= 11 is 0. The molecular formula is C19H20F3N5O3.